The molecule has 5 nitrogen and oxygen atoms in total. The quantitative estimate of drug-likeness (QED) is 0.837. The molecule has 1 fully saturated rings. The number of nitrogens with two attached hydrogens (primary N) is 1. The highest BCUT2D eigenvalue weighted by Gasteiger charge is 2.24. The second kappa shape index (κ2) is 7.14. The van der Waals surface area contributed by atoms with Crippen LogP contribution in [0, 0.1) is 0 Å². The van der Waals surface area contributed by atoms with Crippen molar-refractivity contribution < 1.29 is 9.53 Å². The van der Waals surface area contributed by atoms with Gasteiger partial charge in [0.1, 0.15) is 5.75 Å². The van der Waals surface area contributed by atoms with Crippen LogP contribution in [0.5, 0.6) is 5.75 Å². The molecule has 1 saturated carbocycles. The number of nitrogens with one attached hydrogen (secondary N) is 1. The maximum absolute atomic E-state index is 12.4. The summed E-state index contributed by atoms with van der Waals surface area (Å²) in [5, 5.41) is 3.07. The van der Waals surface area contributed by atoms with Crippen molar-refractivity contribution in [3.05, 3.63) is 24.3 Å². The van der Waals surface area contributed by atoms with E-state index in [4.69, 9.17) is 10.5 Å². The molecule has 0 unspecified atom stereocenters. The molecule has 0 aromatic heterocycles. The summed E-state index contributed by atoms with van der Waals surface area (Å²) in [6.45, 7) is 1.15. The Morgan fingerprint density at radius 3 is 2.80 bits per heavy atom. The van der Waals surface area contributed by atoms with E-state index in [9.17, 15) is 4.79 Å². The van der Waals surface area contributed by atoms with Gasteiger partial charge >= 0.3 is 6.03 Å². The average molecular weight is 277 g/mol. The number of anilines is 1. The van der Waals surface area contributed by atoms with E-state index in [0.717, 1.165) is 24.9 Å². The Bertz CT molecular complexity index is 446. The summed E-state index contributed by atoms with van der Waals surface area (Å²) in [6.07, 6.45) is 4.10. The van der Waals surface area contributed by atoms with Crippen molar-refractivity contribution >= 4 is 11.7 Å². The molecule has 20 heavy (non-hydrogen) atoms. The third kappa shape index (κ3) is 3.42. The van der Waals surface area contributed by atoms with Crippen molar-refractivity contribution in [2.75, 3.05) is 25.1 Å². The first-order valence-electron chi connectivity index (χ1n) is 7.17. The topological polar surface area (TPSA) is 67.6 Å². The molecule has 0 atom stereocenters. The first-order chi connectivity index (χ1) is 9.76. The molecule has 0 heterocycles. The molecule has 1 aromatic rings. The molecule has 0 saturated heterocycles. The standard InChI is InChI=1S/C15H23N3O2/c1-20-14-9-3-2-8-13(14)18(11-5-10-16)15(19)17-12-6-4-7-12/h2-3,8-9,12H,4-7,10-11,16H2,1H3,(H,17,19). The van der Waals surface area contributed by atoms with Crippen molar-refractivity contribution in [3.8, 4) is 5.75 Å². The summed E-state index contributed by atoms with van der Waals surface area (Å²) in [7, 11) is 1.61. The highest BCUT2D eigenvalue weighted by atomic mass is 16.5. The first-order valence-corrected chi connectivity index (χ1v) is 7.17. The summed E-state index contributed by atoms with van der Waals surface area (Å²) in [4.78, 5) is 14.2. The van der Waals surface area contributed by atoms with Crippen LogP contribution >= 0.6 is 0 Å². The Kier molecular flexibility index (Phi) is 5.24. The number of amides is 2. The predicted octanol–water partition coefficient (Wildman–Crippen LogP) is 2.11. The van der Waals surface area contributed by atoms with Crippen LogP contribution in [0.1, 0.15) is 25.7 Å². The van der Waals surface area contributed by atoms with Crippen LogP contribution in [0.15, 0.2) is 24.3 Å². The SMILES string of the molecule is COc1ccccc1N(CCCN)C(=O)NC1CCC1. The molecule has 0 bridgehead atoms. The van der Waals surface area contributed by atoms with E-state index in [2.05, 4.69) is 5.32 Å². The molecular weight excluding hydrogens is 254 g/mol. The van der Waals surface area contributed by atoms with E-state index in [1.165, 1.54) is 6.42 Å². The molecule has 2 amide bonds. The monoisotopic (exact) mass is 277 g/mol. The third-order valence-electron chi connectivity index (χ3n) is 3.64. The number of rotatable bonds is 6. The van der Waals surface area contributed by atoms with E-state index in [1.807, 2.05) is 24.3 Å². The molecule has 0 spiro atoms. The van der Waals surface area contributed by atoms with Crippen molar-refractivity contribution in [2.45, 2.75) is 31.7 Å². The lowest BCUT2D eigenvalue weighted by Crippen LogP contribution is -2.48. The van der Waals surface area contributed by atoms with Gasteiger partial charge in [0, 0.05) is 12.6 Å². The van der Waals surface area contributed by atoms with Crippen LogP contribution in [-0.4, -0.2) is 32.3 Å². The minimum absolute atomic E-state index is 0.0624. The summed E-state index contributed by atoms with van der Waals surface area (Å²) in [5.41, 5.74) is 6.37. The van der Waals surface area contributed by atoms with Crippen LogP contribution in [0.4, 0.5) is 10.5 Å². The lowest BCUT2D eigenvalue weighted by Gasteiger charge is -2.31. The number of benzene rings is 1. The Labute approximate surface area is 120 Å². The van der Waals surface area contributed by atoms with Crippen molar-refractivity contribution in [3.63, 3.8) is 0 Å². The number of carbonyl (C=O) groups excluding carboxylic acids is 1. The summed E-state index contributed by atoms with van der Waals surface area (Å²) in [6, 6.07) is 7.82. The number of carbonyl (C=O) groups is 1. The maximum Gasteiger partial charge on any atom is 0.322 e. The van der Waals surface area contributed by atoms with Crippen LogP contribution in [0.3, 0.4) is 0 Å². The molecule has 0 radical (unpaired) electrons. The Morgan fingerprint density at radius 2 is 2.20 bits per heavy atom. The van der Waals surface area contributed by atoms with Gasteiger partial charge in [0.15, 0.2) is 0 Å². The Hall–Kier alpha value is -1.75. The van der Waals surface area contributed by atoms with Gasteiger partial charge in [-0.3, -0.25) is 4.90 Å². The summed E-state index contributed by atoms with van der Waals surface area (Å²) < 4.78 is 5.35. The minimum atomic E-state index is -0.0624. The van der Waals surface area contributed by atoms with Gasteiger partial charge in [-0.2, -0.15) is 0 Å². The highest BCUT2D eigenvalue weighted by molar-refractivity contribution is 5.93. The summed E-state index contributed by atoms with van der Waals surface area (Å²) >= 11 is 0. The van der Waals surface area contributed by atoms with E-state index in [0.29, 0.717) is 24.9 Å². The molecule has 1 aromatic carbocycles. The van der Waals surface area contributed by atoms with Gasteiger partial charge in [-0.05, 0) is 44.4 Å². The predicted molar refractivity (Wildman–Crippen MR) is 80.2 cm³/mol. The fraction of sp³-hybridized carbons (Fsp3) is 0.533. The van der Waals surface area contributed by atoms with Gasteiger partial charge in [0.2, 0.25) is 0 Å². The zero-order valence-electron chi connectivity index (χ0n) is 12.0. The van der Waals surface area contributed by atoms with Gasteiger partial charge in [-0.25, -0.2) is 4.79 Å². The average Bonchev–Trinajstić information content (AvgIpc) is 2.43. The normalized spacial score (nSPS) is 14.5. The molecule has 0 aliphatic heterocycles. The fourth-order valence-corrected chi connectivity index (χ4v) is 2.24. The number of urea groups is 1. The zero-order valence-corrected chi connectivity index (χ0v) is 12.0. The molecular formula is C15H23N3O2. The number of methoxy groups -OCH3 is 1. The number of ether oxygens (including phenoxy) is 1. The third-order valence-corrected chi connectivity index (χ3v) is 3.64. The number of hydrogen-bond acceptors (Lipinski definition) is 3. The molecule has 2 rings (SSSR count). The van der Waals surface area contributed by atoms with Gasteiger partial charge in [-0.15, -0.1) is 0 Å². The van der Waals surface area contributed by atoms with E-state index >= 15 is 0 Å². The second-order valence-electron chi connectivity index (χ2n) is 5.04. The Balaban J connectivity index is 2.14. The van der Waals surface area contributed by atoms with E-state index in [-0.39, 0.29) is 6.03 Å². The van der Waals surface area contributed by atoms with Gasteiger partial charge in [0.05, 0.1) is 12.8 Å². The lowest BCUT2D eigenvalue weighted by molar-refractivity contribution is 0.233. The summed E-state index contributed by atoms with van der Waals surface area (Å²) in [5.74, 6) is 0.702. The van der Waals surface area contributed by atoms with E-state index in [1.54, 1.807) is 12.0 Å². The molecule has 3 N–H and O–H groups in total. The molecule has 1 aliphatic carbocycles. The molecule has 110 valence electrons. The number of hydrogen-bond donors (Lipinski definition) is 2. The van der Waals surface area contributed by atoms with Gasteiger partial charge in [-0.1, -0.05) is 12.1 Å². The minimum Gasteiger partial charge on any atom is -0.495 e. The smallest absolute Gasteiger partial charge is 0.322 e. The van der Waals surface area contributed by atoms with Crippen molar-refractivity contribution in [1.82, 2.24) is 5.32 Å². The van der Waals surface area contributed by atoms with Crippen LogP contribution in [0.2, 0.25) is 0 Å². The highest BCUT2D eigenvalue weighted by Crippen LogP contribution is 2.28. The number of para-hydroxylation sites is 2. The van der Waals surface area contributed by atoms with Crippen molar-refractivity contribution in [2.24, 2.45) is 5.73 Å². The van der Waals surface area contributed by atoms with Crippen LogP contribution in [-0.2, 0) is 0 Å². The molecule has 1 aliphatic rings. The Morgan fingerprint density at radius 1 is 1.45 bits per heavy atom. The first kappa shape index (κ1) is 14.7. The maximum atomic E-state index is 12.4. The van der Waals surface area contributed by atoms with Crippen molar-refractivity contribution in [1.29, 1.82) is 0 Å². The largest absolute Gasteiger partial charge is 0.495 e. The van der Waals surface area contributed by atoms with Gasteiger partial charge < -0.3 is 15.8 Å². The van der Waals surface area contributed by atoms with E-state index < -0.39 is 0 Å². The zero-order chi connectivity index (χ0) is 14.4. The van der Waals surface area contributed by atoms with Crippen LogP contribution < -0.4 is 20.7 Å². The fourth-order valence-electron chi connectivity index (χ4n) is 2.24. The molecule has 5 heteroatoms. The van der Waals surface area contributed by atoms with Gasteiger partial charge in [0.25, 0.3) is 0 Å². The second-order valence-corrected chi connectivity index (χ2v) is 5.04. The van der Waals surface area contributed by atoms with Crippen LogP contribution in [0.25, 0.3) is 0 Å². The number of nitrogens with zero attached hydrogens (tertiary/aromatic N) is 1. The lowest BCUT2D eigenvalue weighted by atomic mass is 9.93.